The molecule has 0 unspecified atom stereocenters. The Morgan fingerprint density at radius 3 is 2.00 bits per heavy atom. The fourth-order valence-electron chi connectivity index (χ4n) is 3.09. The van der Waals surface area contributed by atoms with Crippen LogP contribution >= 0.6 is 12.2 Å². The molecule has 6 nitrogen and oxygen atoms in total. The van der Waals surface area contributed by atoms with Crippen LogP contribution in [0.25, 0.3) is 0 Å². The Labute approximate surface area is 179 Å². The van der Waals surface area contributed by atoms with Gasteiger partial charge in [-0.05, 0) is 36.3 Å². The summed E-state index contributed by atoms with van der Waals surface area (Å²) in [6.45, 7) is 3.13. The molecule has 0 radical (unpaired) electrons. The quantitative estimate of drug-likeness (QED) is 0.452. The minimum absolute atomic E-state index is 0.248. The van der Waals surface area contributed by atoms with Gasteiger partial charge in [-0.15, -0.1) is 0 Å². The Balaban J connectivity index is 1.33. The maximum Gasteiger partial charge on any atom is 0.175 e. The molecule has 4 rings (SSSR count). The van der Waals surface area contributed by atoms with E-state index in [1.807, 2.05) is 23.0 Å². The van der Waals surface area contributed by atoms with Crippen LogP contribution in [0.4, 0.5) is 15.8 Å². The van der Waals surface area contributed by atoms with Gasteiger partial charge >= 0.3 is 0 Å². The molecule has 0 saturated heterocycles. The van der Waals surface area contributed by atoms with Gasteiger partial charge in [-0.1, -0.05) is 42.5 Å². The van der Waals surface area contributed by atoms with Crippen LogP contribution in [0.5, 0.6) is 0 Å². The normalized spacial score (nSPS) is 10.7. The molecule has 0 saturated carbocycles. The predicted octanol–water partition coefficient (Wildman–Crippen LogP) is 4.43. The lowest BCUT2D eigenvalue weighted by Crippen LogP contribution is -2.18. The summed E-state index contributed by atoms with van der Waals surface area (Å²) in [4.78, 5) is 0. The van der Waals surface area contributed by atoms with E-state index in [1.54, 1.807) is 41.5 Å². The standard InChI is InChI=1S/C22H21FN6S/c1-16-6-2-3-7-17(16)12-28-14-19(10-24-28)26-22(30)27-20-11-25-29(15-20)13-18-8-4-5-9-21(18)23/h2-11,14-15H,12-13H2,1H3,(H2,26,27,30). The van der Waals surface area contributed by atoms with E-state index in [9.17, 15) is 4.39 Å². The summed E-state index contributed by atoms with van der Waals surface area (Å²) >= 11 is 5.38. The van der Waals surface area contributed by atoms with Crippen LogP contribution in [0.15, 0.2) is 73.3 Å². The highest BCUT2D eigenvalue weighted by molar-refractivity contribution is 7.80. The molecule has 152 valence electrons. The van der Waals surface area contributed by atoms with E-state index in [2.05, 4.69) is 39.9 Å². The first-order valence-electron chi connectivity index (χ1n) is 9.47. The molecule has 2 aromatic heterocycles. The van der Waals surface area contributed by atoms with Gasteiger partial charge in [0.05, 0.1) is 36.9 Å². The average Bonchev–Trinajstić information content (AvgIpc) is 3.35. The molecule has 0 spiro atoms. The Hall–Kier alpha value is -3.52. The molecule has 2 heterocycles. The molecule has 30 heavy (non-hydrogen) atoms. The topological polar surface area (TPSA) is 59.7 Å². The molecule has 0 aliphatic rings. The molecule has 2 aromatic carbocycles. The number of benzene rings is 2. The van der Waals surface area contributed by atoms with Gasteiger partial charge in [0.2, 0.25) is 0 Å². The summed E-state index contributed by atoms with van der Waals surface area (Å²) in [5.74, 6) is -0.248. The smallest absolute Gasteiger partial charge is 0.175 e. The third-order valence-electron chi connectivity index (χ3n) is 4.67. The number of halogens is 1. The van der Waals surface area contributed by atoms with E-state index in [0.29, 0.717) is 23.8 Å². The molecule has 2 N–H and O–H groups in total. The Morgan fingerprint density at radius 2 is 1.40 bits per heavy atom. The van der Waals surface area contributed by atoms with Gasteiger partial charge in [0.25, 0.3) is 0 Å². The molecule has 0 bridgehead atoms. The highest BCUT2D eigenvalue weighted by Crippen LogP contribution is 2.14. The Bertz CT molecular complexity index is 1080. The van der Waals surface area contributed by atoms with E-state index in [4.69, 9.17) is 12.2 Å². The van der Waals surface area contributed by atoms with Crippen LogP contribution in [-0.4, -0.2) is 24.7 Å². The lowest BCUT2D eigenvalue weighted by molar-refractivity contribution is 0.585. The number of anilines is 2. The van der Waals surface area contributed by atoms with Crippen molar-refractivity contribution in [3.05, 3.63) is 95.8 Å². The second-order valence-corrected chi connectivity index (χ2v) is 7.36. The molecular formula is C22H21FN6S. The van der Waals surface area contributed by atoms with Crippen molar-refractivity contribution < 1.29 is 4.39 Å². The van der Waals surface area contributed by atoms with Crippen LogP contribution in [0.3, 0.4) is 0 Å². The van der Waals surface area contributed by atoms with Crippen molar-refractivity contribution in [2.75, 3.05) is 10.6 Å². The zero-order valence-electron chi connectivity index (χ0n) is 16.4. The zero-order valence-corrected chi connectivity index (χ0v) is 17.2. The number of nitrogens with zero attached hydrogens (tertiary/aromatic N) is 4. The maximum absolute atomic E-state index is 13.8. The summed E-state index contributed by atoms with van der Waals surface area (Å²) in [6.07, 6.45) is 7.06. The maximum atomic E-state index is 13.8. The number of hydrogen-bond acceptors (Lipinski definition) is 3. The fraction of sp³-hybridized carbons (Fsp3) is 0.136. The number of nitrogens with one attached hydrogen (secondary N) is 2. The minimum atomic E-state index is -0.248. The Kier molecular flexibility index (Phi) is 5.85. The van der Waals surface area contributed by atoms with E-state index >= 15 is 0 Å². The lowest BCUT2D eigenvalue weighted by atomic mass is 10.1. The van der Waals surface area contributed by atoms with Crippen molar-refractivity contribution in [3.63, 3.8) is 0 Å². The highest BCUT2D eigenvalue weighted by atomic mass is 32.1. The van der Waals surface area contributed by atoms with Crippen LogP contribution in [0.2, 0.25) is 0 Å². The predicted molar refractivity (Wildman–Crippen MR) is 120 cm³/mol. The minimum Gasteiger partial charge on any atom is -0.330 e. The van der Waals surface area contributed by atoms with Crippen LogP contribution < -0.4 is 10.6 Å². The third kappa shape index (κ3) is 4.90. The first-order valence-corrected chi connectivity index (χ1v) is 9.88. The average molecular weight is 421 g/mol. The first-order chi connectivity index (χ1) is 14.6. The van der Waals surface area contributed by atoms with E-state index in [1.165, 1.54) is 17.2 Å². The number of thiocarbonyl (C=S) groups is 1. The summed E-state index contributed by atoms with van der Waals surface area (Å²) in [5.41, 5.74) is 4.53. The number of aryl methyl sites for hydroxylation is 1. The largest absolute Gasteiger partial charge is 0.330 e. The molecule has 0 aliphatic heterocycles. The second-order valence-electron chi connectivity index (χ2n) is 6.95. The van der Waals surface area contributed by atoms with Crippen LogP contribution in [-0.2, 0) is 13.1 Å². The van der Waals surface area contributed by atoms with Gasteiger partial charge in [0.15, 0.2) is 5.11 Å². The highest BCUT2D eigenvalue weighted by Gasteiger charge is 2.07. The molecule has 4 aromatic rings. The number of rotatable bonds is 6. The fourth-order valence-corrected chi connectivity index (χ4v) is 3.32. The molecule has 0 fully saturated rings. The van der Waals surface area contributed by atoms with E-state index in [-0.39, 0.29) is 5.82 Å². The van der Waals surface area contributed by atoms with Crippen LogP contribution in [0.1, 0.15) is 16.7 Å². The summed E-state index contributed by atoms with van der Waals surface area (Å²) in [6, 6.07) is 14.9. The van der Waals surface area contributed by atoms with Crippen molar-refractivity contribution >= 4 is 28.7 Å². The van der Waals surface area contributed by atoms with Crippen molar-refractivity contribution in [2.45, 2.75) is 20.0 Å². The van der Waals surface area contributed by atoms with E-state index in [0.717, 1.165) is 11.4 Å². The van der Waals surface area contributed by atoms with Crippen molar-refractivity contribution in [3.8, 4) is 0 Å². The molecule has 0 atom stereocenters. The van der Waals surface area contributed by atoms with Gasteiger partial charge in [-0.2, -0.15) is 10.2 Å². The number of aromatic nitrogens is 4. The lowest BCUT2D eigenvalue weighted by Gasteiger charge is -2.07. The third-order valence-corrected chi connectivity index (χ3v) is 4.87. The molecular weight excluding hydrogens is 399 g/mol. The summed E-state index contributed by atoms with van der Waals surface area (Å²) in [5, 5.41) is 15.3. The van der Waals surface area contributed by atoms with Crippen molar-refractivity contribution in [1.82, 2.24) is 19.6 Å². The van der Waals surface area contributed by atoms with Gasteiger partial charge in [-0.25, -0.2) is 4.39 Å². The second kappa shape index (κ2) is 8.87. The molecule has 0 amide bonds. The molecule has 8 heteroatoms. The van der Waals surface area contributed by atoms with Gasteiger partial charge in [0, 0.05) is 18.0 Å². The van der Waals surface area contributed by atoms with Crippen molar-refractivity contribution in [2.24, 2.45) is 0 Å². The van der Waals surface area contributed by atoms with Crippen molar-refractivity contribution in [1.29, 1.82) is 0 Å². The molecule has 0 aliphatic carbocycles. The Morgan fingerprint density at radius 1 is 0.867 bits per heavy atom. The monoisotopic (exact) mass is 420 g/mol. The summed E-state index contributed by atoms with van der Waals surface area (Å²) < 4.78 is 17.3. The first kappa shape index (κ1) is 19.8. The summed E-state index contributed by atoms with van der Waals surface area (Å²) in [7, 11) is 0. The van der Waals surface area contributed by atoms with Crippen LogP contribution in [0, 0.1) is 12.7 Å². The van der Waals surface area contributed by atoms with Gasteiger partial charge in [-0.3, -0.25) is 9.36 Å². The SMILES string of the molecule is Cc1ccccc1Cn1cc(NC(=S)Nc2cnn(Cc3ccccc3F)c2)cn1. The van der Waals surface area contributed by atoms with Gasteiger partial charge in [0.1, 0.15) is 5.82 Å². The van der Waals surface area contributed by atoms with Gasteiger partial charge < -0.3 is 10.6 Å². The zero-order chi connectivity index (χ0) is 20.9. The number of hydrogen-bond donors (Lipinski definition) is 2. The van der Waals surface area contributed by atoms with E-state index < -0.39 is 0 Å².